The molecule has 0 amide bonds. The van der Waals surface area contributed by atoms with E-state index in [1.165, 1.54) is 0 Å². The van der Waals surface area contributed by atoms with Gasteiger partial charge < -0.3 is 18.9 Å². The first-order chi connectivity index (χ1) is 6.83. The smallest absolute Gasteiger partial charge is 0.186 e. The van der Waals surface area contributed by atoms with E-state index >= 15 is 0 Å². The molecule has 0 bridgehead atoms. The average molecular weight is 200 g/mol. The van der Waals surface area contributed by atoms with Crippen LogP contribution < -0.4 is 0 Å². The predicted molar refractivity (Wildman–Crippen MR) is 50.5 cm³/mol. The van der Waals surface area contributed by atoms with Crippen LogP contribution in [0.1, 0.15) is 12.8 Å². The molecule has 1 saturated heterocycles. The van der Waals surface area contributed by atoms with Crippen molar-refractivity contribution in [2.24, 2.45) is 0 Å². The van der Waals surface area contributed by atoms with Crippen LogP contribution in [0.15, 0.2) is 0 Å². The van der Waals surface area contributed by atoms with E-state index in [1.54, 1.807) is 14.2 Å². The van der Waals surface area contributed by atoms with Gasteiger partial charge in [-0.1, -0.05) is 6.42 Å². The zero-order valence-corrected chi connectivity index (χ0v) is 8.56. The highest BCUT2D eigenvalue weighted by atomic mass is 16.7. The van der Waals surface area contributed by atoms with Crippen LogP contribution in [0.3, 0.4) is 0 Å². The third-order valence-electron chi connectivity index (χ3n) is 2.26. The van der Waals surface area contributed by atoms with Crippen LogP contribution in [0.25, 0.3) is 0 Å². The lowest BCUT2D eigenvalue weighted by Gasteiger charge is -2.33. The first-order valence-electron chi connectivity index (χ1n) is 4.62. The summed E-state index contributed by atoms with van der Waals surface area (Å²) >= 11 is 0. The quantitative estimate of drug-likeness (QED) is 0.496. The molecule has 0 unspecified atom stereocenters. The average Bonchev–Trinajstić information content (AvgIpc) is 2.23. The molecule has 0 aromatic rings. The highest BCUT2D eigenvalue weighted by molar-refractivity contribution is 4.83. The molecular formula is C10H16O4. The van der Waals surface area contributed by atoms with Gasteiger partial charge in [0.1, 0.15) is 18.3 Å². The lowest BCUT2D eigenvalue weighted by Crippen LogP contribution is -2.45. The van der Waals surface area contributed by atoms with Crippen LogP contribution >= 0.6 is 0 Å². The maximum Gasteiger partial charge on any atom is 0.186 e. The van der Waals surface area contributed by atoms with Gasteiger partial charge in [-0.2, -0.15) is 0 Å². The van der Waals surface area contributed by atoms with Gasteiger partial charge in [-0.3, -0.25) is 0 Å². The van der Waals surface area contributed by atoms with Crippen LogP contribution in [0.4, 0.5) is 0 Å². The van der Waals surface area contributed by atoms with Crippen molar-refractivity contribution < 1.29 is 18.9 Å². The van der Waals surface area contributed by atoms with Crippen LogP contribution in [-0.4, -0.2) is 39.3 Å². The van der Waals surface area contributed by atoms with E-state index in [1.807, 2.05) is 0 Å². The Labute approximate surface area is 84.5 Å². The van der Waals surface area contributed by atoms with Crippen molar-refractivity contribution in [1.82, 2.24) is 0 Å². The molecule has 4 nitrogen and oxygen atoms in total. The van der Waals surface area contributed by atoms with Gasteiger partial charge >= 0.3 is 0 Å². The number of hydrogen-bond acceptors (Lipinski definition) is 4. The van der Waals surface area contributed by atoms with E-state index < -0.39 is 6.29 Å². The summed E-state index contributed by atoms with van der Waals surface area (Å²) < 4.78 is 20.9. The largest absolute Gasteiger partial charge is 0.440 e. The van der Waals surface area contributed by atoms with Gasteiger partial charge in [0.15, 0.2) is 6.29 Å². The summed E-state index contributed by atoms with van der Waals surface area (Å²) in [5.74, 6) is 0. The van der Waals surface area contributed by atoms with Crippen molar-refractivity contribution in [3.05, 3.63) is 0 Å². The molecule has 0 N–H and O–H groups in total. The summed E-state index contributed by atoms with van der Waals surface area (Å²) in [5.41, 5.74) is 0. The minimum Gasteiger partial charge on any atom is -0.440 e. The van der Waals surface area contributed by atoms with Crippen LogP contribution in [0.5, 0.6) is 0 Å². The maximum atomic E-state index is 5.52. The molecule has 1 fully saturated rings. The van der Waals surface area contributed by atoms with Crippen LogP contribution in [0, 0.1) is 12.5 Å². The van der Waals surface area contributed by atoms with Crippen molar-refractivity contribution in [3.8, 4) is 12.5 Å². The molecular weight excluding hydrogens is 184 g/mol. The lowest BCUT2D eigenvalue weighted by atomic mass is 10.1. The molecule has 0 spiro atoms. The number of rotatable bonds is 4. The van der Waals surface area contributed by atoms with Crippen LogP contribution in [-0.2, 0) is 18.9 Å². The van der Waals surface area contributed by atoms with Gasteiger partial charge in [0.05, 0.1) is 0 Å². The number of hydrogen-bond donors (Lipinski definition) is 0. The Morgan fingerprint density at radius 2 is 2.14 bits per heavy atom. The number of terminal acetylenes is 1. The third-order valence-corrected chi connectivity index (χ3v) is 2.26. The molecule has 1 aliphatic heterocycles. The number of methoxy groups -OCH3 is 2. The Bertz CT molecular complexity index is 195. The van der Waals surface area contributed by atoms with E-state index in [2.05, 4.69) is 6.11 Å². The SMILES string of the molecule is C#CO[C@@H]1CCCO[C@H]1C(OC)OC. The second-order valence-electron chi connectivity index (χ2n) is 3.09. The zero-order valence-electron chi connectivity index (χ0n) is 8.56. The molecule has 14 heavy (non-hydrogen) atoms. The molecule has 0 aromatic carbocycles. The fourth-order valence-corrected chi connectivity index (χ4v) is 1.61. The van der Waals surface area contributed by atoms with Gasteiger partial charge in [-0.05, 0) is 12.8 Å². The zero-order chi connectivity index (χ0) is 10.4. The van der Waals surface area contributed by atoms with Gasteiger partial charge in [-0.25, -0.2) is 0 Å². The molecule has 4 heteroatoms. The Morgan fingerprint density at radius 3 is 2.71 bits per heavy atom. The Kier molecular flexibility index (Phi) is 4.74. The molecule has 0 aliphatic carbocycles. The first-order valence-corrected chi connectivity index (χ1v) is 4.62. The minimum absolute atomic E-state index is 0.140. The Balaban J connectivity index is 2.57. The standard InChI is InChI=1S/C10H16O4/c1-4-13-8-6-5-7-14-9(8)10(11-2)12-3/h1,8-10H,5-7H2,2-3H3/t8-,9-/m1/s1. The van der Waals surface area contributed by atoms with Gasteiger partial charge in [-0.15, -0.1) is 0 Å². The second kappa shape index (κ2) is 5.86. The topological polar surface area (TPSA) is 36.9 Å². The fourth-order valence-electron chi connectivity index (χ4n) is 1.61. The van der Waals surface area contributed by atoms with Crippen molar-refractivity contribution >= 4 is 0 Å². The molecule has 0 aromatic heterocycles. The molecule has 1 heterocycles. The molecule has 80 valence electrons. The maximum absolute atomic E-state index is 5.52. The van der Waals surface area contributed by atoms with Crippen molar-refractivity contribution in [3.63, 3.8) is 0 Å². The van der Waals surface area contributed by atoms with Crippen molar-refractivity contribution in [1.29, 1.82) is 0 Å². The summed E-state index contributed by atoms with van der Waals surface area (Å²) in [4.78, 5) is 0. The lowest BCUT2D eigenvalue weighted by molar-refractivity contribution is -0.219. The van der Waals surface area contributed by atoms with Gasteiger partial charge in [0.2, 0.25) is 0 Å². The Morgan fingerprint density at radius 1 is 1.43 bits per heavy atom. The molecule has 0 radical (unpaired) electrons. The van der Waals surface area contributed by atoms with E-state index in [0.717, 1.165) is 12.8 Å². The summed E-state index contributed by atoms with van der Waals surface area (Å²) in [6.07, 6.45) is 8.29. The van der Waals surface area contributed by atoms with E-state index in [9.17, 15) is 0 Å². The highest BCUT2D eigenvalue weighted by Gasteiger charge is 2.34. The summed E-state index contributed by atoms with van der Waals surface area (Å²) in [6.45, 7) is 0.693. The molecule has 1 rings (SSSR count). The summed E-state index contributed by atoms with van der Waals surface area (Å²) in [5, 5.41) is 0. The molecule has 1 aliphatic rings. The molecule has 0 saturated carbocycles. The normalized spacial score (nSPS) is 27.3. The fraction of sp³-hybridized carbons (Fsp3) is 0.800. The monoisotopic (exact) mass is 200 g/mol. The minimum atomic E-state index is -0.423. The number of ether oxygens (including phenoxy) is 4. The van der Waals surface area contributed by atoms with E-state index in [-0.39, 0.29) is 12.2 Å². The highest BCUT2D eigenvalue weighted by Crippen LogP contribution is 2.21. The Hall–Kier alpha value is -0.760. The van der Waals surface area contributed by atoms with Crippen LogP contribution in [0.2, 0.25) is 0 Å². The second-order valence-corrected chi connectivity index (χ2v) is 3.09. The van der Waals surface area contributed by atoms with E-state index in [4.69, 9.17) is 25.4 Å². The molecule has 2 atom stereocenters. The van der Waals surface area contributed by atoms with Crippen molar-refractivity contribution in [2.45, 2.75) is 31.3 Å². The van der Waals surface area contributed by atoms with Gasteiger partial charge in [0.25, 0.3) is 0 Å². The van der Waals surface area contributed by atoms with Gasteiger partial charge in [0, 0.05) is 20.8 Å². The summed E-state index contributed by atoms with van der Waals surface area (Å²) in [6, 6.07) is 0. The first kappa shape index (κ1) is 11.3. The third kappa shape index (κ3) is 2.61. The summed E-state index contributed by atoms with van der Waals surface area (Å²) in [7, 11) is 3.14. The predicted octanol–water partition coefficient (Wildman–Crippen LogP) is 0.760. The van der Waals surface area contributed by atoms with Crippen molar-refractivity contribution in [2.75, 3.05) is 20.8 Å². The van der Waals surface area contributed by atoms with E-state index in [0.29, 0.717) is 6.61 Å².